The number of pyridine rings is 1. The molecule has 1 unspecified atom stereocenters. The van der Waals surface area contributed by atoms with Crippen LogP contribution in [0.5, 0.6) is 0 Å². The lowest BCUT2D eigenvalue weighted by Crippen LogP contribution is -2.26. The van der Waals surface area contributed by atoms with Crippen LogP contribution in [0.1, 0.15) is 11.1 Å². The SMILES string of the molecule is Cc1cccc(CC(CO)Nc2ccccn2)c1. The number of nitrogens with zero attached hydrogens (tertiary/aromatic N) is 1. The van der Waals surface area contributed by atoms with E-state index in [0.717, 1.165) is 12.2 Å². The standard InChI is InChI=1S/C15H18N2O/c1-12-5-4-6-13(9-12)10-14(11-18)17-15-7-2-3-8-16-15/h2-9,14,18H,10-11H2,1H3,(H,16,17). The Labute approximate surface area is 108 Å². The van der Waals surface area contributed by atoms with Crippen LogP contribution < -0.4 is 5.32 Å². The van der Waals surface area contributed by atoms with Gasteiger partial charge >= 0.3 is 0 Å². The van der Waals surface area contributed by atoms with Crippen molar-refractivity contribution >= 4 is 5.82 Å². The molecule has 3 heteroatoms. The summed E-state index contributed by atoms with van der Waals surface area (Å²) in [6.45, 7) is 2.16. The molecular weight excluding hydrogens is 224 g/mol. The van der Waals surface area contributed by atoms with Gasteiger partial charge in [0.1, 0.15) is 5.82 Å². The molecule has 0 radical (unpaired) electrons. The first kappa shape index (κ1) is 12.6. The van der Waals surface area contributed by atoms with Gasteiger partial charge in [0, 0.05) is 6.20 Å². The summed E-state index contributed by atoms with van der Waals surface area (Å²) in [4.78, 5) is 4.20. The molecule has 1 aromatic heterocycles. The molecule has 2 rings (SSSR count). The Morgan fingerprint density at radius 3 is 2.78 bits per heavy atom. The fourth-order valence-electron chi connectivity index (χ4n) is 1.94. The van der Waals surface area contributed by atoms with E-state index in [1.165, 1.54) is 11.1 Å². The molecule has 0 bridgehead atoms. The number of aliphatic hydroxyl groups is 1. The van der Waals surface area contributed by atoms with E-state index in [-0.39, 0.29) is 12.6 Å². The molecule has 1 aromatic carbocycles. The van der Waals surface area contributed by atoms with E-state index in [4.69, 9.17) is 0 Å². The third-order valence-electron chi connectivity index (χ3n) is 2.80. The second kappa shape index (κ2) is 6.17. The molecule has 1 heterocycles. The van der Waals surface area contributed by atoms with E-state index in [1.807, 2.05) is 24.3 Å². The van der Waals surface area contributed by atoms with Crippen LogP contribution in [0.25, 0.3) is 0 Å². The van der Waals surface area contributed by atoms with Gasteiger partial charge in [-0.05, 0) is 31.0 Å². The van der Waals surface area contributed by atoms with Gasteiger partial charge in [0.2, 0.25) is 0 Å². The van der Waals surface area contributed by atoms with Crippen LogP contribution in [-0.2, 0) is 6.42 Å². The molecule has 0 saturated carbocycles. The Kier molecular flexibility index (Phi) is 4.31. The first-order chi connectivity index (χ1) is 8.78. The number of benzene rings is 1. The summed E-state index contributed by atoms with van der Waals surface area (Å²) >= 11 is 0. The average molecular weight is 242 g/mol. The maximum Gasteiger partial charge on any atom is 0.126 e. The molecule has 0 aliphatic heterocycles. The Morgan fingerprint density at radius 1 is 1.22 bits per heavy atom. The molecule has 1 atom stereocenters. The van der Waals surface area contributed by atoms with E-state index in [0.29, 0.717) is 0 Å². The molecule has 0 aliphatic rings. The van der Waals surface area contributed by atoms with Gasteiger partial charge in [0.05, 0.1) is 12.6 Å². The summed E-state index contributed by atoms with van der Waals surface area (Å²) in [6, 6.07) is 14.0. The van der Waals surface area contributed by atoms with Crippen LogP contribution in [0.3, 0.4) is 0 Å². The molecule has 94 valence electrons. The second-order valence-electron chi connectivity index (χ2n) is 4.43. The highest BCUT2D eigenvalue weighted by Gasteiger charge is 2.08. The van der Waals surface area contributed by atoms with Crippen molar-refractivity contribution in [2.45, 2.75) is 19.4 Å². The molecule has 2 aromatic rings. The van der Waals surface area contributed by atoms with Crippen molar-refractivity contribution in [1.82, 2.24) is 4.98 Å². The highest BCUT2D eigenvalue weighted by molar-refractivity contribution is 5.35. The van der Waals surface area contributed by atoms with E-state index >= 15 is 0 Å². The van der Waals surface area contributed by atoms with Crippen LogP contribution in [-0.4, -0.2) is 22.7 Å². The summed E-state index contributed by atoms with van der Waals surface area (Å²) in [7, 11) is 0. The van der Waals surface area contributed by atoms with Crippen molar-refractivity contribution in [1.29, 1.82) is 0 Å². The Hall–Kier alpha value is -1.87. The monoisotopic (exact) mass is 242 g/mol. The molecule has 0 saturated heterocycles. The number of hydrogen-bond donors (Lipinski definition) is 2. The zero-order valence-electron chi connectivity index (χ0n) is 10.5. The van der Waals surface area contributed by atoms with Gasteiger partial charge in [-0.25, -0.2) is 4.98 Å². The van der Waals surface area contributed by atoms with Gasteiger partial charge < -0.3 is 10.4 Å². The van der Waals surface area contributed by atoms with Crippen molar-refractivity contribution in [3.63, 3.8) is 0 Å². The minimum absolute atomic E-state index is 0.0123. The van der Waals surface area contributed by atoms with E-state index in [9.17, 15) is 5.11 Å². The molecule has 0 spiro atoms. The molecule has 0 fully saturated rings. The van der Waals surface area contributed by atoms with Crippen molar-refractivity contribution in [3.05, 3.63) is 59.8 Å². The molecule has 3 nitrogen and oxygen atoms in total. The topological polar surface area (TPSA) is 45.1 Å². The van der Waals surface area contributed by atoms with Crippen molar-refractivity contribution in [2.24, 2.45) is 0 Å². The van der Waals surface area contributed by atoms with Crippen LogP contribution in [0.2, 0.25) is 0 Å². The molecule has 0 aliphatic carbocycles. The lowest BCUT2D eigenvalue weighted by molar-refractivity contribution is 0.273. The number of anilines is 1. The lowest BCUT2D eigenvalue weighted by atomic mass is 10.0. The minimum Gasteiger partial charge on any atom is -0.394 e. The largest absolute Gasteiger partial charge is 0.394 e. The molecule has 18 heavy (non-hydrogen) atoms. The number of aryl methyl sites for hydroxylation is 1. The quantitative estimate of drug-likeness (QED) is 0.846. The predicted octanol–water partition coefficient (Wildman–Crippen LogP) is 2.41. The fourth-order valence-corrected chi connectivity index (χ4v) is 1.94. The van der Waals surface area contributed by atoms with Crippen molar-refractivity contribution in [3.8, 4) is 0 Å². The molecular formula is C15H18N2O. The zero-order chi connectivity index (χ0) is 12.8. The van der Waals surface area contributed by atoms with E-state index < -0.39 is 0 Å². The van der Waals surface area contributed by atoms with Gasteiger partial charge in [-0.15, -0.1) is 0 Å². The number of aromatic nitrogens is 1. The normalized spacial score (nSPS) is 12.1. The van der Waals surface area contributed by atoms with Crippen molar-refractivity contribution < 1.29 is 5.11 Å². The smallest absolute Gasteiger partial charge is 0.126 e. The van der Waals surface area contributed by atoms with Crippen LogP contribution >= 0.6 is 0 Å². The third kappa shape index (κ3) is 3.57. The first-order valence-corrected chi connectivity index (χ1v) is 6.12. The summed E-state index contributed by atoms with van der Waals surface area (Å²) in [5.41, 5.74) is 2.46. The summed E-state index contributed by atoms with van der Waals surface area (Å²) in [6.07, 6.45) is 2.53. The molecule has 2 N–H and O–H groups in total. The van der Waals surface area contributed by atoms with Gasteiger partial charge in [-0.1, -0.05) is 35.9 Å². The second-order valence-corrected chi connectivity index (χ2v) is 4.43. The van der Waals surface area contributed by atoms with Crippen LogP contribution in [0, 0.1) is 6.92 Å². The fraction of sp³-hybridized carbons (Fsp3) is 0.267. The van der Waals surface area contributed by atoms with Gasteiger partial charge in [-0.3, -0.25) is 0 Å². The summed E-state index contributed by atoms with van der Waals surface area (Å²) in [5, 5.41) is 12.7. The number of nitrogens with one attached hydrogen (secondary N) is 1. The minimum atomic E-state index is -0.0123. The number of aliphatic hydroxyl groups excluding tert-OH is 1. The molecule has 0 amide bonds. The van der Waals surface area contributed by atoms with Crippen molar-refractivity contribution in [2.75, 3.05) is 11.9 Å². The number of hydrogen-bond acceptors (Lipinski definition) is 3. The van der Waals surface area contributed by atoms with Gasteiger partial charge in [-0.2, -0.15) is 0 Å². The average Bonchev–Trinajstić information content (AvgIpc) is 2.39. The first-order valence-electron chi connectivity index (χ1n) is 6.12. The Morgan fingerprint density at radius 2 is 2.11 bits per heavy atom. The summed E-state index contributed by atoms with van der Waals surface area (Å²) < 4.78 is 0. The van der Waals surface area contributed by atoms with Gasteiger partial charge in [0.25, 0.3) is 0 Å². The van der Waals surface area contributed by atoms with Crippen LogP contribution in [0.15, 0.2) is 48.7 Å². The zero-order valence-corrected chi connectivity index (χ0v) is 10.5. The lowest BCUT2D eigenvalue weighted by Gasteiger charge is -2.17. The van der Waals surface area contributed by atoms with E-state index in [1.54, 1.807) is 6.20 Å². The summed E-state index contributed by atoms with van der Waals surface area (Å²) in [5.74, 6) is 0.796. The third-order valence-corrected chi connectivity index (χ3v) is 2.80. The Bertz CT molecular complexity index is 485. The highest BCUT2D eigenvalue weighted by Crippen LogP contribution is 2.10. The van der Waals surface area contributed by atoms with Crippen LogP contribution in [0.4, 0.5) is 5.82 Å². The highest BCUT2D eigenvalue weighted by atomic mass is 16.3. The maximum absolute atomic E-state index is 9.43. The number of rotatable bonds is 5. The van der Waals surface area contributed by atoms with Gasteiger partial charge in [0.15, 0.2) is 0 Å². The Balaban J connectivity index is 2.01. The maximum atomic E-state index is 9.43. The van der Waals surface area contributed by atoms with E-state index in [2.05, 4.69) is 35.4 Å². The predicted molar refractivity (Wildman–Crippen MR) is 73.6 cm³/mol.